The van der Waals surface area contributed by atoms with Gasteiger partial charge in [0.05, 0.1) is 24.8 Å². The van der Waals surface area contributed by atoms with Crippen LogP contribution in [0.2, 0.25) is 5.02 Å². The van der Waals surface area contributed by atoms with Gasteiger partial charge in [-0.15, -0.1) is 0 Å². The van der Waals surface area contributed by atoms with Gasteiger partial charge in [0.15, 0.2) is 11.5 Å². The van der Waals surface area contributed by atoms with Crippen molar-refractivity contribution in [2.24, 2.45) is 0 Å². The summed E-state index contributed by atoms with van der Waals surface area (Å²) in [4.78, 5) is 18.8. The first kappa shape index (κ1) is 24.4. The molecule has 2 aromatic carbocycles. The summed E-state index contributed by atoms with van der Waals surface area (Å²) in [5.41, 5.74) is 1.26. The van der Waals surface area contributed by atoms with Crippen LogP contribution < -0.4 is 24.8 Å². The molecule has 0 aliphatic heterocycles. The molecule has 0 aliphatic rings. The molecule has 1 aromatic heterocycles. The fourth-order valence-electron chi connectivity index (χ4n) is 3.36. The first-order valence-electron chi connectivity index (χ1n) is 10.7. The molecule has 9 heteroatoms. The number of ether oxygens (including phenoxy) is 3. The molecule has 3 rings (SSSR count). The Hall–Kier alpha value is -3.23. The minimum atomic E-state index is -0.284. The highest BCUT2D eigenvalue weighted by Gasteiger charge is 2.13. The minimum absolute atomic E-state index is 0.284. The van der Waals surface area contributed by atoms with Gasteiger partial charge in [-0.1, -0.05) is 25.4 Å². The van der Waals surface area contributed by atoms with Gasteiger partial charge < -0.3 is 29.7 Å². The van der Waals surface area contributed by atoms with Gasteiger partial charge in [-0.3, -0.25) is 4.98 Å². The lowest BCUT2D eigenvalue weighted by Crippen LogP contribution is -2.36. The van der Waals surface area contributed by atoms with Gasteiger partial charge in [0.1, 0.15) is 11.5 Å². The number of rotatable bonds is 10. The molecule has 0 unspecified atom stereocenters. The van der Waals surface area contributed by atoms with E-state index in [-0.39, 0.29) is 6.03 Å². The quantitative estimate of drug-likeness (QED) is 0.424. The van der Waals surface area contributed by atoms with E-state index < -0.39 is 0 Å². The molecule has 2 N–H and O–H groups in total. The number of hydrogen-bond acceptors (Lipinski definition) is 6. The standard InChI is InChI=1S/C24H29ClN4O4/c1-5-29(6-2)12-11-27-24(30)28-16-7-8-21(18(25)13-16)33-20-9-10-26-19-15-23(32-4)22(31-3)14-17(19)20/h7-10,13-15H,5-6,11-12H2,1-4H3,(H2,27,28,30). The molecular formula is C24H29ClN4O4. The van der Waals surface area contributed by atoms with Crippen molar-refractivity contribution in [3.05, 3.63) is 47.6 Å². The number of methoxy groups -OCH3 is 2. The Labute approximate surface area is 198 Å². The Bertz CT molecular complexity index is 1110. The number of urea groups is 1. The SMILES string of the molecule is CCN(CC)CCNC(=O)Nc1ccc(Oc2ccnc3cc(OC)c(OC)cc23)c(Cl)c1. The van der Waals surface area contributed by atoms with Crippen molar-refractivity contribution >= 4 is 34.2 Å². The van der Waals surface area contributed by atoms with Gasteiger partial charge in [0.25, 0.3) is 0 Å². The van der Waals surface area contributed by atoms with E-state index >= 15 is 0 Å². The maximum absolute atomic E-state index is 12.2. The zero-order chi connectivity index (χ0) is 23.8. The predicted octanol–water partition coefficient (Wildman–Crippen LogP) is 5.16. The third-order valence-corrected chi connectivity index (χ3v) is 5.52. The highest BCUT2D eigenvalue weighted by Crippen LogP contribution is 2.38. The van der Waals surface area contributed by atoms with E-state index in [2.05, 4.69) is 34.4 Å². The number of aromatic nitrogens is 1. The molecule has 0 radical (unpaired) electrons. The highest BCUT2D eigenvalue weighted by atomic mass is 35.5. The van der Waals surface area contributed by atoms with Crippen molar-refractivity contribution in [2.75, 3.05) is 45.7 Å². The molecule has 2 amide bonds. The number of carbonyl (C=O) groups is 1. The van der Waals surface area contributed by atoms with E-state index in [1.807, 2.05) is 6.07 Å². The number of fused-ring (bicyclic) bond motifs is 1. The van der Waals surface area contributed by atoms with Gasteiger partial charge in [0.2, 0.25) is 0 Å². The lowest BCUT2D eigenvalue weighted by Gasteiger charge is -2.18. The summed E-state index contributed by atoms with van der Waals surface area (Å²) < 4.78 is 16.8. The smallest absolute Gasteiger partial charge is 0.319 e. The summed E-state index contributed by atoms with van der Waals surface area (Å²) in [7, 11) is 3.15. The first-order valence-corrected chi connectivity index (χ1v) is 11.1. The third-order valence-electron chi connectivity index (χ3n) is 5.22. The van der Waals surface area contributed by atoms with Crippen molar-refractivity contribution < 1.29 is 19.0 Å². The number of carbonyl (C=O) groups excluding carboxylic acids is 1. The van der Waals surface area contributed by atoms with Gasteiger partial charge in [-0.25, -0.2) is 4.79 Å². The lowest BCUT2D eigenvalue weighted by atomic mass is 10.2. The summed E-state index contributed by atoms with van der Waals surface area (Å²) in [6.07, 6.45) is 1.65. The number of pyridine rings is 1. The van der Waals surface area contributed by atoms with E-state index in [9.17, 15) is 4.79 Å². The molecule has 0 spiro atoms. The van der Waals surface area contributed by atoms with Crippen LogP contribution in [0.1, 0.15) is 13.8 Å². The van der Waals surface area contributed by atoms with E-state index in [0.29, 0.717) is 45.8 Å². The van der Waals surface area contributed by atoms with E-state index in [1.165, 1.54) is 0 Å². The topological polar surface area (TPSA) is 85.0 Å². The second-order valence-electron chi connectivity index (χ2n) is 7.19. The largest absolute Gasteiger partial charge is 0.493 e. The maximum Gasteiger partial charge on any atom is 0.319 e. The predicted molar refractivity (Wildman–Crippen MR) is 131 cm³/mol. The number of nitrogens with zero attached hydrogens (tertiary/aromatic N) is 2. The van der Waals surface area contributed by atoms with Crippen LogP contribution in [0.4, 0.5) is 10.5 Å². The van der Waals surface area contributed by atoms with Crippen LogP contribution in [0.25, 0.3) is 10.9 Å². The summed E-state index contributed by atoms with van der Waals surface area (Å²) >= 11 is 6.44. The van der Waals surface area contributed by atoms with E-state index in [4.69, 9.17) is 25.8 Å². The molecule has 0 saturated carbocycles. The molecule has 0 aliphatic carbocycles. The van der Waals surface area contributed by atoms with Crippen molar-refractivity contribution in [1.82, 2.24) is 15.2 Å². The van der Waals surface area contributed by atoms with Crippen LogP contribution in [0.3, 0.4) is 0 Å². The van der Waals surface area contributed by atoms with Gasteiger partial charge in [-0.05, 0) is 43.4 Å². The molecule has 176 valence electrons. The fraction of sp³-hybridized carbons (Fsp3) is 0.333. The number of likely N-dealkylation sites (N-methyl/N-ethyl adjacent to an activating group) is 1. The van der Waals surface area contributed by atoms with Crippen molar-refractivity contribution in [1.29, 1.82) is 0 Å². The molecule has 0 fully saturated rings. The molecule has 33 heavy (non-hydrogen) atoms. The number of halogens is 1. The van der Waals surface area contributed by atoms with Crippen LogP contribution in [0, 0.1) is 0 Å². The van der Waals surface area contributed by atoms with Gasteiger partial charge in [0, 0.05) is 36.4 Å². The normalized spacial score (nSPS) is 10.8. The van der Waals surface area contributed by atoms with Gasteiger partial charge >= 0.3 is 6.03 Å². The molecule has 0 atom stereocenters. The fourth-order valence-corrected chi connectivity index (χ4v) is 3.58. The van der Waals surface area contributed by atoms with E-state index in [1.54, 1.807) is 50.7 Å². The zero-order valence-corrected chi connectivity index (χ0v) is 20.0. The Morgan fingerprint density at radius 2 is 1.73 bits per heavy atom. The minimum Gasteiger partial charge on any atom is -0.493 e. The third kappa shape index (κ3) is 6.18. The van der Waals surface area contributed by atoms with Crippen LogP contribution >= 0.6 is 11.6 Å². The monoisotopic (exact) mass is 472 g/mol. The summed E-state index contributed by atoms with van der Waals surface area (Å²) in [5, 5.41) is 6.75. The second-order valence-corrected chi connectivity index (χ2v) is 7.60. The molecule has 0 bridgehead atoms. The number of nitrogens with one attached hydrogen (secondary N) is 2. The van der Waals surface area contributed by atoms with Crippen LogP contribution in [0.15, 0.2) is 42.6 Å². The number of benzene rings is 2. The van der Waals surface area contributed by atoms with Gasteiger partial charge in [-0.2, -0.15) is 0 Å². The molecule has 8 nitrogen and oxygen atoms in total. The van der Waals surface area contributed by atoms with Crippen LogP contribution in [-0.2, 0) is 0 Å². The van der Waals surface area contributed by atoms with Crippen molar-refractivity contribution in [3.63, 3.8) is 0 Å². The Morgan fingerprint density at radius 3 is 2.39 bits per heavy atom. The number of hydrogen-bond donors (Lipinski definition) is 2. The Kier molecular flexibility index (Phi) is 8.57. The average Bonchev–Trinajstić information content (AvgIpc) is 2.82. The Balaban J connectivity index is 1.71. The molecule has 3 aromatic rings. The first-order chi connectivity index (χ1) is 16.0. The number of anilines is 1. The average molecular weight is 473 g/mol. The maximum atomic E-state index is 12.2. The molecule has 1 heterocycles. The molecular weight excluding hydrogens is 444 g/mol. The lowest BCUT2D eigenvalue weighted by molar-refractivity contribution is 0.248. The highest BCUT2D eigenvalue weighted by molar-refractivity contribution is 6.32. The van der Waals surface area contributed by atoms with Crippen molar-refractivity contribution in [3.8, 4) is 23.0 Å². The zero-order valence-electron chi connectivity index (χ0n) is 19.3. The molecule has 0 saturated heterocycles. The summed E-state index contributed by atoms with van der Waals surface area (Å²) in [6.45, 7) is 7.44. The summed E-state index contributed by atoms with van der Waals surface area (Å²) in [6, 6.07) is 10.2. The number of amides is 2. The van der Waals surface area contributed by atoms with Crippen molar-refractivity contribution in [2.45, 2.75) is 13.8 Å². The van der Waals surface area contributed by atoms with Crippen LogP contribution in [-0.4, -0.2) is 56.3 Å². The van der Waals surface area contributed by atoms with E-state index in [0.717, 1.165) is 25.0 Å². The van der Waals surface area contributed by atoms with Crippen LogP contribution in [0.5, 0.6) is 23.0 Å². The summed E-state index contributed by atoms with van der Waals surface area (Å²) in [5.74, 6) is 2.17. The Morgan fingerprint density at radius 1 is 1.00 bits per heavy atom. The second kappa shape index (κ2) is 11.6.